The van der Waals surface area contributed by atoms with E-state index in [0.717, 1.165) is 12.1 Å². The highest BCUT2D eigenvalue weighted by Gasteiger charge is 2.32. The van der Waals surface area contributed by atoms with E-state index < -0.39 is 35.0 Å². The van der Waals surface area contributed by atoms with Crippen molar-refractivity contribution in [3.8, 4) is 0 Å². The molecule has 1 rings (SSSR count). The standard InChI is InChI=1S/C14H17F2NO3/c1-14(2,3)12(13(19)20)17-11(18)6-8-4-5-9(15)7-10(8)16/h4-5,7,12H,6H2,1-3H3,(H,17,18)(H,19,20). The van der Waals surface area contributed by atoms with Gasteiger partial charge >= 0.3 is 5.97 Å². The van der Waals surface area contributed by atoms with Crippen molar-refractivity contribution in [1.82, 2.24) is 5.32 Å². The van der Waals surface area contributed by atoms with E-state index in [1.807, 2.05) is 0 Å². The third-order valence-corrected chi connectivity index (χ3v) is 2.78. The number of rotatable bonds is 4. The van der Waals surface area contributed by atoms with Crippen molar-refractivity contribution in [1.29, 1.82) is 0 Å². The SMILES string of the molecule is CC(C)(C)C(NC(=O)Cc1ccc(F)cc1F)C(=O)O. The number of carboxylic acid groups (broad SMARTS) is 1. The van der Waals surface area contributed by atoms with E-state index in [0.29, 0.717) is 6.07 Å². The average Bonchev–Trinajstić information content (AvgIpc) is 2.28. The maximum Gasteiger partial charge on any atom is 0.326 e. The fourth-order valence-corrected chi connectivity index (χ4v) is 1.70. The summed E-state index contributed by atoms with van der Waals surface area (Å²) in [6.07, 6.45) is -0.341. The van der Waals surface area contributed by atoms with Crippen LogP contribution in [0.4, 0.5) is 8.78 Å². The Kier molecular flexibility index (Phi) is 4.81. The second kappa shape index (κ2) is 5.98. The summed E-state index contributed by atoms with van der Waals surface area (Å²) in [4.78, 5) is 22.9. The molecule has 0 heterocycles. The van der Waals surface area contributed by atoms with Crippen LogP contribution >= 0.6 is 0 Å². The van der Waals surface area contributed by atoms with Crippen LogP contribution in [0, 0.1) is 17.0 Å². The maximum absolute atomic E-state index is 13.4. The van der Waals surface area contributed by atoms with Crippen LogP contribution in [-0.4, -0.2) is 23.0 Å². The monoisotopic (exact) mass is 285 g/mol. The smallest absolute Gasteiger partial charge is 0.326 e. The summed E-state index contributed by atoms with van der Waals surface area (Å²) in [5.74, 6) is -3.35. The molecule has 0 fully saturated rings. The van der Waals surface area contributed by atoms with Gasteiger partial charge in [0, 0.05) is 6.07 Å². The van der Waals surface area contributed by atoms with E-state index in [-0.39, 0.29) is 12.0 Å². The summed E-state index contributed by atoms with van der Waals surface area (Å²) in [6.45, 7) is 5.01. The summed E-state index contributed by atoms with van der Waals surface area (Å²) in [5, 5.41) is 11.4. The molecule has 0 bridgehead atoms. The van der Waals surface area contributed by atoms with Crippen molar-refractivity contribution in [2.45, 2.75) is 33.2 Å². The molecule has 1 atom stereocenters. The zero-order valence-electron chi connectivity index (χ0n) is 11.5. The number of amides is 1. The van der Waals surface area contributed by atoms with Gasteiger partial charge in [0.05, 0.1) is 6.42 Å². The van der Waals surface area contributed by atoms with Gasteiger partial charge in [-0.05, 0) is 17.0 Å². The molecular weight excluding hydrogens is 268 g/mol. The molecule has 1 amide bonds. The number of hydrogen-bond acceptors (Lipinski definition) is 2. The molecule has 20 heavy (non-hydrogen) atoms. The predicted molar refractivity (Wildman–Crippen MR) is 69.1 cm³/mol. The Balaban J connectivity index is 2.79. The Labute approximate surface area is 115 Å². The Morgan fingerprint density at radius 3 is 2.35 bits per heavy atom. The number of hydrogen-bond donors (Lipinski definition) is 2. The first kappa shape index (κ1) is 16.1. The lowest BCUT2D eigenvalue weighted by Crippen LogP contribution is -2.49. The Bertz CT molecular complexity index is 524. The molecule has 4 nitrogen and oxygen atoms in total. The van der Waals surface area contributed by atoms with Gasteiger partial charge in [-0.15, -0.1) is 0 Å². The highest BCUT2D eigenvalue weighted by molar-refractivity contribution is 5.85. The van der Waals surface area contributed by atoms with Gasteiger partial charge in [-0.3, -0.25) is 4.79 Å². The molecule has 1 aromatic rings. The van der Waals surface area contributed by atoms with E-state index in [1.54, 1.807) is 20.8 Å². The van der Waals surface area contributed by atoms with Crippen molar-refractivity contribution in [2.75, 3.05) is 0 Å². The number of benzene rings is 1. The summed E-state index contributed by atoms with van der Waals surface area (Å²) >= 11 is 0. The highest BCUT2D eigenvalue weighted by atomic mass is 19.1. The second-order valence-corrected chi connectivity index (χ2v) is 5.62. The van der Waals surface area contributed by atoms with E-state index >= 15 is 0 Å². The topological polar surface area (TPSA) is 66.4 Å². The van der Waals surface area contributed by atoms with Gasteiger partial charge in [-0.2, -0.15) is 0 Å². The summed E-state index contributed by atoms with van der Waals surface area (Å²) in [5.41, 5.74) is -0.662. The van der Waals surface area contributed by atoms with Crippen LogP contribution in [0.3, 0.4) is 0 Å². The molecule has 0 aliphatic carbocycles. The van der Waals surface area contributed by atoms with Crippen molar-refractivity contribution < 1.29 is 23.5 Å². The molecule has 0 aliphatic rings. The molecule has 1 aromatic carbocycles. The number of carbonyl (C=O) groups excluding carboxylic acids is 1. The Hall–Kier alpha value is -1.98. The number of halogens is 2. The number of carbonyl (C=O) groups is 2. The fraction of sp³-hybridized carbons (Fsp3) is 0.429. The van der Waals surface area contributed by atoms with E-state index in [1.165, 1.54) is 0 Å². The van der Waals surface area contributed by atoms with Crippen molar-refractivity contribution in [2.24, 2.45) is 5.41 Å². The van der Waals surface area contributed by atoms with Crippen LogP contribution < -0.4 is 5.32 Å². The molecule has 1 unspecified atom stereocenters. The normalized spacial score (nSPS) is 12.8. The van der Waals surface area contributed by atoms with Crippen LogP contribution in [0.5, 0.6) is 0 Å². The third kappa shape index (κ3) is 4.29. The maximum atomic E-state index is 13.4. The lowest BCUT2D eigenvalue weighted by atomic mass is 9.86. The van der Waals surface area contributed by atoms with Crippen LogP contribution in [0.15, 0.2) is 18.2 Å². The molecule has 0 aliphatic heterocycles. The van der Waals surface area contributed by atoms with Gasteiger partial charge < -0.3 is 10.4 Å². The first-order chi connectivity index (χ1) is 9.11. The molecule has 0 spiro atoms. The zero-order valence-corrected chi connectivity index (χ0v) is 11.5. The van der Waals surface area contributed by atoms with Crippen molar-refractivity contribution in [3.05, 3.63) is 35.4 Å². The van der Waals surface area contributed by atoms with Gasteiger partial charge in [0.15, 0.2) is 0 Å². The highest BCUT2D eigenvalue weighted by Crippen LogP contribution is 2.19. The van der Waals surface area contributed by atoms with Gasteiger partial charge in [0.25, 0.3) is 0 Å². The van der Waals surface area contributed by atoms with Crippen LogP contribution in [0.2, 0.25) is 0 Å². The quantitative estimate of drug-likeness (QED) is 0.890. The minimum absolute atomic E-state index is 0.0157. The second-order valence-electron chi connectivity index (χ2n) is 5.62. The molecule has 0 saturated carbocycles. The van der Waals surface area contributed by atoms with Crippen molar-refractivity contribution in [3.63, 3.8) is 0 Å². The number of aliphatic carboxylic acids is 1. The zero-order chi connectivity index (χ0) is 15.5. The van der Waals surface area contributed by atoms with E-state index in [2.05, 4.69) is 5.32 Å². The van der Waals surface area contributed by atoms with Gasteiger partial charge in [-0.25, -0.2) is 13.6 Å². The average molecular weight is 285 g/mol. The van der Waals surface area contributed by atoms with E-state index in [9.17, 15) is 18.4 Å². The lowest BCUT2D eigenvalue weighted by molar-refractivity contribution is -0.144. The summed E-state index contributed by atoms with van der Waals surface area (Å²) in [6, 6.07) is 1.81. The Morgan fingerprint density at radius 2 is 1.90 bits per heavy atom. The first-order valence-corrected chi connectivity index (χ1v) is 6.07. The summed E-state index contributed by atoms with van der Waals surface area (Å²) < 4.78 is 26.1. The van der Waals surface area contributed by atoms with Crippen LogP contribution in [0.25, 0.3) is 0 Å². The van der Waals surface area contributed by atoms with Gasteiger partial charge in [0.1, 0.15) is 17.7 Å². The van der Waals surface area contributed by atoms with Gasteiger partial charge in [-0.1, -0.05) is 26.8 Å². The predicted octanol–water partition coefficient (Wildman–Crippen LogP) is 2.12. The Morgan fingerprint density at radius 1 is 1.30 bits per heavy atom. The molecule has 0 radical (unpaired) electrons. The molecule has 0 aromatic heterocycles. The molecular formula is C14H17F2NO3. The van der Waals surface area contributed by atoms with Gasteiger partial charge in [0.2, 0.25) is 5.91 Å². The van der Waals surface area contributed by atoms with Crippen molar-refractivity contribution >= 4 is 11.9 Å². The molecule has 110 valence electrons. The number of nitrogens with one attached hydrogen (secondary N) is 1. The fourth-order valence-electron chi connectivity index (χ4n) is 1.70. The van der Waals surface area contributed by atoms with Crippen LogP contribution in [-0.2, 0) is 16.0 Å². The molecule has 2 N–H and O–H groups in total. The first-order valence-electron chi connectivity index (χ1n) is 6.07. The lowest BCUT2D eigenvalue weighted by Gasteiger charge is -2.27. The summed E-state index contributed by atoms with van der Waals surface area (Å²) in [7, 11) is 0. The van der Waals surface area contributed by atoms with E-state index in [4.69, 9.17) is 5.11 Å². The largest absolute Gasteiger partial charge is 0.480 e. The minimum Gasteiger partial charge on any atom is -0.480 e. The molecule has 6 heteroatoms. The molecule has 0 saturated heterocycles. The third-order valence-electron chi connectivity index (χ3n) is 2.78. The minimum atomic E-state index is -1.16. The van der Waals surface area contributed by atoms with Crippen LogP contribution in [0.1, 0.15) is 26.3 Å². The number of carboxylic acids is 1.